The smallest absolute Gasteiger partial charge is 0.375 e. The van der Waals surface area contributed by atoms with Gasteiger partial charge in [-0.15, -0.1) is 0 Å². The summed E-state index contributed by atoms with van der Waals surface area (Å²) in [4.78, 5) is 35.4. The van der Waals surface area contributed by atoms with Crippen LogP contribution in [0.1, 0.15) is 36.9 Å². The van der Waals surface area contributed by atoms with Gasteiger partial charge in [-0.05, 0) is 38.0 Å². The summed E-state index contributed by atoms with van der Waals surface area (Å²) in [6, 6.07) is 4.19. The molecule has 3 amide bonds. The van der Waals surface area contributed by atoms with Gasteiger partial charge in [-0.2, -0.15) is 0 Å². The van der Waals surface area contributed by atoms with Crippen molar-refractivity contribution in [2.45, 2.75) is 33.8 Å². The topological polar surface area (TPSA) is 121 Å². The van der Waals surface area contributed by atoms with E-state index in [1.807, 2.05) is 12.2 Å². The number of benzene rings is 1. The molecule has 0 saturated heterocycles. The number of carbonyl (C=O) groups is 3. The summed E-state index contributed by atoms with van der Waals surface area (Å²) in [6.45, 7) is 7.46. The van der Waals surface area contributed by atoms with Crippen LogP contribution >= 0.6 is 0 Å². The molecule has 1 aromatic heterocycles. The molecular formula is C18H22N2O6. The van der Waals surface area contributed by atoms with Crippen molar-refractivity contribution >= 4 is 28.9 Å². The number of carbonyl (C=O) groups excluding carboxylic acids is 3. The minimum atomic E-state index is -1.18. The maximum absolute atomic E-state index is 12.5. The number of hydrogen-bond donors (Lipinski definition) is 2. The zero-order valence-corrected chi connectivity index (χ0v) is 15.1. The Balaban J connectivity index is 2.29. The highest BCUT2D eigenvalue weighted by Gasteiger charge is 2.30. The third-order valence-corrected chi connectivity index (χ3v) is 3.75. The molecule has 0 saturated carbocycles. The van der Waals surface area contributed by atoms with Crippen molar-refractivity contribution in [3.8, 4) is 5.75 Å². The maximum atomic E-state index is 12.5. The van der Waals surface area contributed by atoms with E-state index in [0.29, 0.717) is 28.9 Å². The summed E-state index contributed by atoms with van der Waals surface area (Å²) in [5.74, 6) is -1.30. The van der Waals surface area contributed by atoms with Crippen LogP contribution in [-0.4, -0.2) is 30.6 Å². The molecule has 1 heterocycles. The fraction of sp³-hybridized carbons (Fsp3) is 0.389. The summed E-state index contributed by atoms with van der Waals surface area (Å²) in [5, 5.41) is 2.63. The molecule has 0 radical (unpaired) electrons. The van der Waals surface area contributed by atoms with Crippen LogP contribution in [0, 0.1) is 12.8 Å². The highest BCUT2D eigenvalue weighted by Crippen LogP contribution is 2.29. The number of fused-ring (bicyclic) bond motifs is 1. The molecule has 0 aliphatic carbocycles. The molecular weight excluding hydrogens is 340 g/mol. The van der Waals surface area contributed by atoms with E-state index in [2.05, 4.69) is 0 Å². The van der Waals surface area contributed by atoms with Gasteiger partial charge in [0.25, 0.3) is 5.91 Å². The number of nitrogens with two attached hydrogens (primary N) is 1. The summed E-state index contributed by atoms with van der Waals surface area (Å²) < 4.78 is 16.3. The first-order chi connectivity index (χ1) is 12.2. The molecule has 0 fully saturated rings. The van der Waals surface area contributed by atoms with E-state index in [4.69, 9.17) is 19.6 Å². The van der Waals surface area contributed by atoms with Crippen LogP contribution in [0.4, 0.5) is 4.79 Å². The molecule has 0 aliphatic rings. The number of imide groups is 1. The number of aryl methyl sites for hydroxylation is 1. The normalized spacial score (nSPS) is 12.0. The van der Waals surface area contributed by atoms with Crippen molar-refractivity contribution in [2.75, 3.05) is 6.61 Å². The fourth-order valence-electron chi connectivity index (χ4n) is 2.50. The lowest BCUT2D eigenvalue weighted by atomic mass is 10.1. The quantitative estimate of drug-likeness (QED) is 0.762. The number of furan rings is 1. The SMILES string of the molecule is CCOc1ccc2oc(C(=O)O[C@H](C(=O)NC(N)=O)C(C)C)c(C)c2c1. The van der Waals surface area contributed by atoms with Gasteiger partial charge in [0.05, 0.1) is 6.61 Å². The van der Waals surface area contributed by atoms with Crippen LogP contribution in [0.25, 0.3) is 11.0 Å². The highest BCUT2D eigenvalue weighted by molar-refractivity contribution is 6.00. The number of amides is 3. The second kappa shape index (κ2) is 7.90. The Bertz CT molecular complexity index is 840. The number of ether oxygens (including phenoxy) is 2. The van der Waals surface area contributed by atoms with Gasteiger partial charge in [-0.3, -0.25) is 10.1 Å². The van der Waals surface area contributed by atoms with E-state index in [9.17, 15) is 14.4 Å². The van der Waals surface area contributed by atoms with Gasteiger partial charge in [0.15, 0.2) is 6.10 Å². The van der Waals surface area contributed by atoms with Crippen molar-refractivity contribution < 1.29 is 28.3 Å². The lowest BCUT2D eigenvalue weighted by molar-refractivity contribution is -0.131. The summed E-state index contributed by atoms with van der Waals surface area (Å²) in [5.41, 5.74) is 6.02. The first kappa shape index (κ1) is 19.3. The number of nitrogens with one attached hydrogen (secondary N) is 1. The zero-order chi connectivity index (χ0) is 19.4. The summed E-state index contributed by atoms with van der Waals surface area (Å²) in [6.07, 6.45) is -1.18. The Hall–Kier alpha value is -3.03. The van der Waals surface area contributed by atoms with E-state index in [-0.39, 0.29) is 11.7 Å². The van der Waals surface area contributed by atoms with E-state index < -0.39 is 24.0 Å². The van der Waals surface area contributed by atoms with Gasteiger partial charge in [-0.1, -0.05) is 13.8 Å². The van der Waals surface area contributed by atoms with Crippen molar-refractivity contribution in [1.82, 2.24) is 5.32 Å². The molecule has 26 heavy (non-hydrogen) atoms. The first-order valence-electron chi connectivity index (χ1n) is 8.21. The van der Waals surface area contributed by atoms with Crippen LogP contribution in [0.5, 0.6) is 5.75 Å². The summed E-state index contributed by atoms with van der Waals surface area (Å²) >= 11 is 0. The molecule has 140 valence electrons. The Morgan fingerprint density at radius 3 is 2.54 bits per heavy atom. The second-order valence-corrected chi connectivity index (χ2v) is 6.07. The monoisotopic (exact) mass is 362 g/mol. The number of rotatable bonds is 6. The molecule has 0 spiro atoms. The minimum Gasteiger partial charge on any atom is -0.494 e. The van der Waals surface area contributed by atoms with E-state index >= 15 is 0 Å². The number of primary amides is 1. The fourth-order valence-corrected chi connectivity index (χ4v) is 2.50. The van der Waals surface area contributed by atoms with Crippen molar-refractivity contribution in [1.29, 1.82) is 0 Å². The molecule has 0 unspecified atom stereocenters. The van der Waals surface area contributed by atoms with E-state index in [1.165, 1.54) is 0 Å². The van der Waals surface area contributed by atoms with Crippen molar-refractivity contribution in [3.05, 3.63) is 29.5 Å². The van der Waals surface area contributed by atoms with Gasteiger partial charge in [0.1, 0.15) is 11.3 Å². The molecule has 0 bridgehead atoms. The van der Waals surface area contributed by atoms with Crippen LogP contribution in [0.3, 0.4) is 0 Å². The standard InChI is InChI=1S/C18H22N2O6/c1-5-24-11-6-7-13-12(8-11)10(4)15(25-13)17(22)26-14(9(2)3)16(21)20-18(19)23/h6-9,14H,5H2,1-4H3,(H3,19,20,21,23)/t14-/m0/s1. The van der Waals surface area contributed by atoms with Crippen LogP contribution < -0.4 is 15.8 Å². The Kier molecular flexibility index (Phi) is 5.86. The lowest BCUT2D eigenvalue weighted by Crippen LogP contribution is -2.45. The first-order valence-corrected chi connectivity index (χ1v) is 8.21. The molecule has 1 aromatic carbocycles. The van der Waals surface area contributed by atoms with Gasteiger partial charge in [0, 0.05) is 10.9 Å². The molecule has 0 aliphatic heterocycles. The number of urea groups is 1. The third-order valence-electron chi connectivity index (χ3n) is 3.75. The number of hydrogen-bond acceptors (Lipinski definition) is 6. The lowest BCUT2D eigenvalue weighted by Gasteiger charge is -2.19. The maximum Gasteiger partial charge on any atom is 0.375 e. The van der Waals surface area contributed by atoms with Crippen molar-refractivity contribution in [2.24, 2.45) is 11.7 Å². The molecule has 2 rings (SSSR count). The van der Waals surface area contributed by atoms with Crippen LogP contribution in [-0.2, 0) is 9.53 Å². The average Bonchev–Trinajstić information content (AvgIpc) is 2.88. The molecule has 3 N–H and O–H groups in total. The van der Waals surface area contributed by atoms with E-state index in [1.54, 1.807) is 39.0 Å². The minimum absolute atomic E-state index is 0.00817. The Morgan fingerprint density at radius 2 is 1.96 bits per heavy atom. The largest absolute Gasteiger partial charge is 0.494 e. The Morgan fingerprint density at radius 1 is 1.27 bits per heavy atom. The molecule has 1 atom stereocenters. The van der Waals surface area contributed by atoms with Crippen LogP contribution in [0.15, 0.2) is 22.6 Å². The summed E-state index contributed by atoms with van der Waals surface area (Å²) in [7, 11) is 0. The zero-order valence-electron chi connectivity index (χ0n) is 15.1. The molecule has 2 aromatic rings. The van der Waals surface area contributed by atoms with Gasteiger partial charge < -0.3 is 19.6 Å². The highest BCUT2D eigenvalue weighted by atomic mass is 16.6. The second-order valence-electron chi connectivity index (χ2n) is 6.07. The van der Waals surface area contributed by atoms with Gasteiger partial charge in [0.2, 0.25) is 5.76 Å². The predicted octanol–water partition coefficient (Wildman–Crippen LogP) is 2.52. The Labute approximate surface area is 150 Å². The van der Waals surface area contributed by atoms with E-state index in [0.717, 1.165) is 0 Å². The third kappa shape index (κ3) is 4.14. The predicted molar refractivity (Wildman–Crippen MR) is 93.9 cm³/mol. The number of esters is 1. The van der Waals surface area contributed by atoms with Crippen molar-refractivity contribution in [3.63, 3.8) is 0 Å². The van der Waals surface area contributed by atoms with Gasteiger partial charge >= 0.3 is 12.0 Å². The van der Waals surface area contributed by atoms with Gasteiger partial charge in [-0.25, -0.2) is 9.59 Å². The van der Waals surface area contributed by atoms with Crippen LogP contribution in [0.2, 0.25) is 0 Å². The molecule has 8 nitrogen and oxygen atoms in total. The molecule has 8 heteroatoms. The average molecular weight is 362 g/mol.